The summed E-state index contributed by atoms with van der Waals surface area (Å²) in [5.74, 6) is 1.06. The van der Waals surface area contributed by atoms with E-state index in [0.717, 1.165) is 6.54 Å². The third-order valence-corrected chi connectivity index (χ3v) is 5.14. The van der Waals surface area contributed by atoms with Gasteiger partial charge < -0.3 is 19.5 Å². The van der Waals surface area contributed by atoms with Gasteiger partial charge in [-0.2, -0.15) is 0 Å². The lowest BCUT2D eigenvalue weighted by molar-refractivity contribution is -0.928. The Hall–Kier alpha value is -1.59. The molecular weight excluding hydrogens is 318 g/mol. The standard InChI is InChI=1S/C20H31NO4/c1-4-21(17-8-6-5-7-9-17)13-18(23)14-25-19-11-10-16(15(2)22)12-20(19)24-3/h10-12,17-18,23H,4-9,13-14H2,1-3H3/p+1/t18-/m1/s1. The van der Waals surface area contributed by atoms with Crippen LogP contribution in [-0.4, -0.2) is 49.8 Å². The molecule has 0 heterocycles. The van der Waals surface area contributed by atoms with Gasteiger partial charge >= 0.3 is 0 Å². The van der Waals surface area contributed by atoms with Crippen LogP contribution in [0.25, 0.3) is 0 Å². The topological polar surface area (TPSA) is 60.2 Å². The van der Waals surface area contributed by atoms with Crippen LogP contribution in [0.1, 0.15) is 56.3 Å². The van der Waals surface area contributed by atoms with Crippen molar-refractivity contribution in [1.29, 1.82) is 0 Å². The number of quaternary nitrogens is 1. The molecule has 5 heteroatoms. The Morgan fingerprint density at radius 2 is 2.00 bits per heavy atom. The van der Waals surface area contributed by atoms with Crippen LogP contribution in [0.3, 0.4) is 0 Å². The van der Waals surface area contributed by atoms with Crippen molar-refractivity contribution in [2.45, 2.75) is 58.1 Å². The van der Waals surface area contributed by atoms with Crippen molar-refractivity contribution in [2.75, 3.05) is 26.8 Å². The first-order valence-electron chi connectivity index (χ1n) is 9.39. The van der Waals surface area contributed by atoms with Crippen molar-refractivity contribution in [1.82, 2.24) is 0 Å². The predicted octanol–water partition coefficient (Wildman–Crippen LogP) is 1.88. The number of likely N-dealkylation sites (N-methyl/N-ethyl adjacent to an activating group) is 1. The first-order valence-corrected chi connectivity index (χ1v) is 9.39. The van der Waals surface area contributed by atoms with Gasteiger partial charge in [0.2, 0.25) is 0 Å². The van der Waals surface area contributed by atoms with Gasteiger partial charge in [-0.3, -0.25) is 4.79 Å². The molecule has 0 saturated heterocycles. The minimum atomic E-state index is -0.519. The summed E-state index contributed by atoms with van der Waals surface area (Å²) in [6.07, 6.45) is 5.96. The van der Waals surface area contributed by atoms with E-state index >= 15 is 0 Å². The van der Waals surface area contributed by atoms with Gasteiger partial charge in [0.15, 0.2) is 17.3 Å². The fourth-order valence-corrected chi connectivity index (χ4v) is 3.66. The van der Waals surface area contributed by atoms with Crippen LogP contribution >= 0.6 is 0 Å². The maximum atomic E-state index is 11.5. The first kappa shape index (κ1) is 19.7. The molecule has 1 aliphatic rings. The second kappa shape index (κ2) is 9.78. The van der Waals surface area contributed by atoms with E-state index in [4.69, 9.17) is 9.47 Å². The van der Waals surface area contributed by atoms with Gasteiger partial charge in [-0.15, -0.1) is 0 Å². The number of aliphatic hydroxyl groups excluding tert-OH is 1. The normalized spacial score (nSPS) is 17.8. The van der Waals surface area contributed by atoms with E-state index in [0.29, 0.717) is 29.6 Å². The fourth-order valence-electron chi connectivity index (χ4n) is 3.66. The summed E-state index contributed by atoms with van der Waals surface area (Å²) >= 11 is 0. The van der Waals surface area contributed by atoms with Gasteiger partial charge in [0.05, 0.1) is 19.7 Å². The van der Waals surface area contributed by atoms with E-state index in [1.165, 1.54) is 43.9 Å². The highest BCUT2D eigenvalue weighted by Gasteiger charge is 2.25. The average molecular weight is 350 g/mol. The average Bonchev–Trinajstić information content (AvgIpc) is 2.64. The summed E-state index contributed by atoms with van der Waals surface area (Å²) in [7, 11) is 1.55. The highest BCUT2D eigenvalue weighted by atomic mass is 16.5. The Labute approximate surface area is 150 Å². The maximum absolute atomic E-state index is 11.5. The maximum Gasteiger partial charge on any atom is 0.161 e. The predicted molar refractivity (Wildman–Crippen MR) is 97.7 cm³/mol. The van der Waals surface area contributed by atoms with Crippen molar-refractivity contribution < 1.29 is 24.3 Å². The highest BCUT2D eigenvalue weighted by molar-refractivity contribution is 5.94. The van der Waals surface area contributed by atoms with E-state index in [2.05, 4.69) is 6.92 Å². The van der Waals surface area contributed by atoms with E-state index < -0.39 is 6.10 Å². The van der Waals surface area contributed by atoms with Gasteiger partial charge in [0, 0.05) is 5.56 Å². The van der Waals surface area contributed by atoms with Crippen LogP contribution in [0.4, 0.5) is 0 Å². The fraction of sp³-hybridized carbons (Fsp3) is 0.650. The molecule has 5 nitrogen and oxygen atoms in total. The van der Waals surface area contributed by atoms with Crippen LogP contribution < -0.4 is 14.4 Å². The molecule has 1 aromatic rings. The molecule has 1 aliphatic carbocycles. The number of carbonyl (C=O) groups excluding carboxylic acids is 1. The molecule has 1 saturated carbocycles. The van der Waals surface area contributed by atoms with Gasteiger partial charge in [-0.05, 0) is 57.7 Å². The zero-order valence-electron chi connectivity index (χ0n) is 15.7. The van der Waals surface area contributed by atoms with Gasteiger partial charge in [-0.25, -0.2) is 0 Å². The lowest BCUT2D eigenvalue weighted by Gasteiger charge is -2.31. The Bertz CT molecular complexity index is 555. The summed E-state index contributed by atoms with van der Waals surface area (Å²) in [6.45, 7) is 5.66. The molecule has 140 valence electrons. The van der Waals surface area contributed by atoms with Crippen molar-refractivity contribution in [3.05, 3.63) is 23.8 Å². The summed E-state index contributed by atoms with van der Waals surface area (Å²) in [5, 5.41) is 10.4. The summed E-state index contributed by atoms with van der Waals surface area (Å²) < 4.78 is 11.1. The number of methoxy groups -OCH3 is 1. The minimum Gasteiger partial charge on any atom is -0.493 e. The van der Waals surface area contributed by atoms with Crippen molar-refractivity contribution >= 4 is 5.78 Å². The zero-order valence-corrected chi connectivity index (χ0v) is 15.7. The summed E-state index contributed by atoms with van der Waals surface area (Å²) in [6, 6.07) is 5.79. The summed E-state index contributed by atoms with van der Waals surface area (Å²) in [4.78, 5) is 12.9. The Balaban J connectivity index is 1.90. The second-order valence-corrected chi connectivity index (χ2v) is 6.94. The molecule has 1 fully saturated rings. The molecule has 2 N–H and O–H groups in total. The van der Waals surface area contributed by atoms with E-state index in [9.17, 15) is 9.90 Å². The molecular formula is C20H32NO4+. The second-order valence-electron chi connectivity index (χ2n) is 6.94. The molecule has 0 amide bonds. The van der Waals surface area contributed by atoms with Crippen LogP contribution in [0.15, 0.2) is 18.2 Å². The number of nitrogens with one attached hydrogen (secondary N) is 1. The molecule has 1 unspecified atom stereocenters. The highest BCUT2D eigenvalue weighted by Crippen LogP contribution is 2.28. The van der Waals surface area contributed by atoms with Gasteiger partial charge in [-0.1, -0.05) is 6.42 Å². The van der Waals surface area contributed by atoms with E-state index in [-0.39, 0.29) is 12.4 Å². The summed E-state index contributed by atoms with van der Waals surface area (Å²) in [5.41, 5.74) is 0.587. The number of Topliss-reactive ketones (excluding diaryl/α,β-unsaturated/α-hetero) is 1. The minimum absolute atomic E-state index is 0.0143. The molecule has 1 aromatic carbocycles. The van der Waals surface area contributed by atoms with Crippen molar-refractivity contribution in [3.8, 4) is 11.5 Å². The number of hydrogen-bond acceptors (Lipinski definition) is 4. The monoisotopic (exact) mass is 350 g/mol. The molecule has 0 radical (unpaired) electrons. The SMILES string of the molecule is CC[NH+](C[C@@H](O)COc1ccc(C(C)=O)cc1OC)C1CCCCC1. The molecule has 2 rings (SSSR count). The number of ether oxygens (including phenoxy) is 2. The number of ketones is 1. The number of hydrogen-bond donors (Lipinski definition) is 2. The van der Waals surface area contributed by atoms with Crippen LogP contribution in [-0.2, 0) is 0 Å². The molecule has 2 atom stereocenters. The van der Waals surface area contributed by atoms with Gasteiger partial charge in [0.25, 0.3) is 0 Å². The van der Waals surface area contributed by atoms with Crippen molar-refractivity contribution in [3.63, 3.8) is 0 Å². The lowest BCUT2D eigenvalue weighted by atomic mass is 9.94. The lowest BCUT2D eigenvalue weighted by Crippen LogP contribution is -3.16. The smallest absolute Gasteiger partial charge is 0.161 e. The first-order chi connectivity index (χ1) is 12.0. The molecule has 0 aromatic heterocycles. The molecule has 0 aliphatic heterocycles. The quantitative estimate of drug-likeness (QED) is 0.668. The number of benzene rings is 1. The van der Waals surface area contributed by atoms with Gasteiger partial charge in [0.1, 0.15) is 19.3 Å². The van der Waals surface area contributed by atoms with Crippen LogP contribution in [0.5, 0.6) is 11.5 Å². The Kier molecular flexibility index (Phi) is 7.72. The van der Waals surface area contributed by atoms with E-state index in [1.54, 1.807) is 25.3 Å². The number of rotatable bonds is 9. The third-order valence-electron chi connectivity index (χ3n) is 5.14. The molecule has 0 bridgehead atoms. The van der Waals surface area contributed by atoms with Crippen LogP contribution in [0.2, 0.25) is 0 Å². The molecule has 25 heavy (non-hydrogen) atoms. The van der Waals surface area contributed by atoms with Crippen molar-refractivity contribution in [2.24, 2.45) is 0 Å². The third kappa shape index (κ3) is 5.72. The Morgan fingerprint density at radius 1 is 1.28 bits per heavy atom. The Morgan fingerprint density at radius 3 is 2.60 bits per heavy atom. The largest absolute Gasteiger partial charge is 0.493 e. The zero-order chi connectivity index (χ0) is 18.2. The van der Waals surface area contributed by atoms with Crippen LogP contribution in [0, 0.1) is 0 Å². The van der Waals surface area contributed by atoms with E-state index in [1.807, 2.05) is 0 Å². The number of aliphatic hydroxyl groups is 1. The molecule has 0 spiro atoms. The number of carbonyl (C=O) groups is 1.